The van der Waals surface area contributed by atoms with Crippen molar-refractivity contribution in [3.63, 3.8) is 0 Å². The summed E-state index contributed by atoms with van der Waals surface area (Å²) in [5.74, 6) is 0.0846. The van der Waals surface area contributed by atoms with Crippen LogP contribution in [-0.4, -0.2) is 37.7 Å². The number of benzene rings is 3. The lowest BCUT2D eigenvalue weighted by molar-refractivity contribution is -0.114. The Labute approximate surface area is 196 Å². The summed E-state index contributed by atoms with van der Waals surface area (Å²) in [5.41, 5.74) is 6.95. The summed E-state index contributed by atoms with van der Waals surface area (Å²) in [7, 11) is 0. The van der Waals surface area contributed by atoms with E-state index in [9.17, 15) is 9.59 Å². The molecule has 9 nitrogen and oxygen atoms in total. The minimum atomic E-state index is -0.325. The molecule has 34 heavy (non-hydrogen) atoms. The number of nitrogens with zero attached hydrogens (tertiary/aromatic N) is 5. The van der Waals surface area contributed by atoms with Gasteiger partial charge in [-0.2, -0.15) is 9.90 Å². The molecule has 1 aromatic heterocycles. The Balaban J connectivity index is 1.37. The summed E-state index contributed by atoms with van der Waals surface area (Å²) < 4.78 is 0. The maximum atomic E-state index is 12.5. The second kappa shape index (κ2) is 10.3. The Bertz CT molecular complexity index is 1330. The third-order valence-corrected chi connectivity index (χ3v) is 4.95. The summed E-state index contributed by atoms with van der Waals surface area (Å²) in [6.07, 6.45) is 0. The van der Waals surface area contributed by atoms with Crippen molar-refractivity contribution >= 4 is 23.2 Å². The highest BCUT2D eigenvalue weighted by Gasteiger charge is 2.08. The van der Waals surface area contributed by atoms with Gasteiger partial charge in [-0.15, -0.1) is 10.2 Å². The topological polar surface area (TPSA) is 114 Å². The zero-order chi connectivity index (χ0) is 23.9. The molecule has 1 heterocycles. The smallest absolute Gasteiger partial charge is 0.271 e. The Morgan fingerprint density at radius 3 is 2.41 bits per heavy atom. The zero-order valence-corrected chi connectivity index (χ0v) is 18.8. The first-order valence-corrected chi connectivity index (χ1v) is 10.6. The summed E-state index contributed by atoms with van der Waals surface area (Å²) in [5, 5.41) is 19.5. The molecule has 0 aliphatic heterocycles. The number of tetrazole rings is 1. The van der Waals surface area contributed by atoms with Crippen molar-refractivity contribution in [2.75, 3.05) is 5.32 Å². The number of hydrogen-bond donors (Lipinski definition) is 2. The molecule has 0 fully saturated rings. The highest BCUT2D eigenvalue weighted by atomic mass is 16.2. The first-order valence-electron chi connectivity index (χ1n) is 10.6. The fourth-order valence-corrected chi connectivity index (χ4v) is 3.23. The molecular weight excluding hydrogens is 430 g/mol. The van der Waals surface area contributed by atoms with Gasteiger partial charge in [0.2, 0.25) is 11.7 Å². The van der Waals surface area contributed by atoms with Gasteiger partial charge in [0.05, 0.1) is 12.3 Å². The number of amides is 2. The molecule has 170 valence electrons. The largest absolute Gasteiger partial charge is 0.326 e. The van der Waals surface area contributed by atoms with Crippen LogP contribution in [-0.2, 0) is 11.3 Å². The highest BCUT2D eigenvalue weighted by Crippen LogP contribution is 2.13. The maximum absolute atomic E-state index is 12.5. The average molecular weight is 454 g/mol. The van der Waals surface area contributed by atoms with Crippen LogP contribution in [0.15, 0.2) is 84.0 Å². The van der Waals surface area contributed by atoms with E-state index in [2.05, 4.69) is 31.3 Å². The van der Waals surface area contributed by atoms with Crippen molar-refractivity contribution in [2.24, 2.45) is 5.10 Å². The summed E-state index contributed by atoms with van der Waals surface area (Å²) in [4.78, 5) is 25.3. The molecule has 4 aromatic rings. The standard InChI is InChI=1S/C25H23N7O2/c1-17(22-9-6-10-23(15-22)26-18(2)33)27-29-25(34)21-13-11-19(12-14-21)16-32-30-24(28-31-32)20-7-4-3-5-8-20/h3-15H,16H2,1-2H3,(H,26,33)(H,29,34). The van der Waals surface area contributed by atoms with Crippen LogP contribution in [0.1, 0.15) is 35.3 Å². The molecule has 3 aromatic carbocycles. The number of carbonyl (C=O) groups excluding carboxylic acids is 2. The van der Waals surface area contributed by atoms with Gasteiger partial charge in [0.15, 0.2) is 0 Å². The SMILES string of the molecule is CC(=O)Nc1cccc(C(C)=NNC(=O)c2ccc(Cn3nnc(-c4ccccc4)n3)cc2)c1. The molecule has 0 saturated heterocycles. The maximum Gasteiger partial charge on any atom is 0.271 e. The van der Waals surface area contributed by atoms with Crippen LogP contribution in [0.5, 0.6) is 0 Å². The van der Waals surface area contributed by atoms with E-state index in [-0.39, 0.29) is 11.8 Å². The molecule has 9 heteroatoms. The fourth-order valence-electron chi connectivity index (χ4n) is 3.23. The predicted molar refractivity (Wildman–Crippen MR) is 129 cm³/mol. The van der Waals surface area contributed by atoms with E-state index in [1.807, 2.05) is 54.6 Å². The molecule has 0 aliphatic carbocycles. The van der Waals surface area contributed by atoms with Crippen LogP contribution >= 0.6 is 0 Å². The molecule has 0 spiro atoms. The van der Waals surface area contributed by atoms with Gasteiger partial charge < -0.3 is 5.32 Å². The number of anilines is 1. The van der Waals surface area contributed by atoms with Crippen LogP contribution in [0, 0.1) is 0 Å². The third-order valence-electron chi connectivity index (χ3n) is 4.95. The number of carbonyl (C=O) groups is 2. The number of hydrogen-bond acceptors (Lipinski definition) is 6. The van der Waals surface area contributed by atoms with Crippen LogP contribution in [0.3, 0.4) is 0 Å². The van der Waals surface area contributed by atoms with Gasteiger partial charge in [0.1, 0.15) is 0 Å². The van der Waals surface area contributed by atoms with Crippen molar-refractivity contribution in [1.82, 2.24) is 25.6 Å². The normalized spacial score (nSPS) is 11.2. The number of nitrogens with one attached hydrogen (secondary N) is 2. The van der Waals surface area contributed by atoms with E-state index in [1.54, 1.807) is 31.2 Å². The molecule has 4 rings (SSSR count). The van der Waals surface area contributed by atoms with Crippen molar-refractivity contribution in [3.8, 4) is 11.4 Å². The lowest BCUT2D eigenvalue weighted by Gasteiger charge is -2.07. The van der Waals surface area contributed by atoms with Gasteiger partial charge in [-0.25, -0.2) is 5.43 Å². The number of aromatic nitrogens is 4. The second-order valence-electron chi connectivity index (χ2n) is 7.61. The lowest BCUT2D eigenvalue weighted by Crippen LogP contribution is -2.19. The predicted octanol–water partition coefficient (Wildman–Crippen LogP) is 3.50. The summed E-state index contributed by atoms with van der Waals surface area (Å²) >= 11 is 0. The quantitative estimate of drug-likeness (QED) is 0.328. The first-order chi connectivity index (χ1) is 16.5. The van der Waals surface area contributed by atoms with Gasteiger partial charge in [-0.1, -0.05) is 54.6 Å². The van der Waals surface area contributed by atoms with Crippen LogP contribution in [0.2, 0.25) is 0 Å². The average Bonchev–Trinajstić information content (AvgIpc) is 3.31. The minimum Gasteiger partial charge on any atom is -0.326 e. The van der Waals surface area contributed by atoms with E-state index in [1.165, 1.54) is 11.7 Å². The van der Waals surface area contributed by atoms with E-state index >= 15 is 0 Å². The highest BCUT2D eigenvalue weighted by molar-refractivity contribution is 6.02. The van der Waals surface area contributed by atoms with Crippen molar-refractivity contribution in [3.05, 3.63) is 95.6 Å². The first kappa shape index (κ1) is 22.5. The van der Waals surface area contributed by atoms with Gasteiger partial charge in [0.25, 0.3) is 5.91 Å². The molecule has 2 amide bonds. The Morgan fingerprint density at radius 2 is 1.68 bits per heavy atom. The van der Waals surface area contributed by atoms with E-state index < -0.39 is 0 Å². The number of hydrazone groups is 1. The lowest BCUT2D eigenvalue weighted by atomic mass is 10.1. The molecule has 0 atom stereocenters. The van der Waals surface area contributed by atoms with E-state index in [0.717, 1.165) is 16.7 Å². The van der Waals surface area contributed by atoms with E-state index in [0.29, 0.717) is 29.3 Å². The van der Waals surface area contributed by atoms with Crippen LogP contribution < -0.4 is 10.7 Å². The van der Waals surface area contributed by atoms with Gasteiger partial charge >= 0.3 is 0 Å². The fraction of sp³-hybridized carbons (Fsp3) is 0.120. The van der Waals surface area contributed by atoms with Crippen molar-refractivity contribution in [1.29, 1.82) is 0 Å². The minimum absolute atomic E-state index is 0.153. The van der Waals surface area contributed by atoms with Crippen molar-refractivity contribution in [2.45, 2.75) is 20.4 Å². The summed E-state index contributed by atoms with van der Waals surface area (Å²) in [6, 6.07) is 24.0. The number of rotatable bonds is 7. The molecular formula is C25H23N7O2. The van der Waals surface area contributed by atoms with Crippen LogP contribution in [0.25, 0.3) is 11.4 Å². The molecule has 0 aliphatic rings. The van der Waals surface area contributed by atoms with E-state index in [4.69, 9.17) is 0 Å². The van der Waals surface area contributed by atoms with Crippen LogP contribution in [0.4, 0.5) is 5.69 Å². The molecule has 0 radical (unpaired) electrons. The van der Waals surface area contributed by atoms with Gasteiger partial charge in [0, 0.05) is 23.7 Å². The van der Waals surface area contributed by atoms with Crippen molar-refractivity contribution < 1.29 is 9.59 Å². The third kappa shape index (κ3) is 5.77. The Morgan fingerprint density at radius 1 is 0.912 bits per heavy atom. The Kier molecular flexibility index (Phi) is 6.83. The Hall–Kier alpha value is -4.66. The second-order valence-corrected chi connectivity index (χ2v) is 7.61. The summed E-state index contributed by atoms with van der Waals surface area (Å²) in [6.45, 7) is 3.66. The molecule has 2 N–H and O–H groups in total. The van der Waals surface area contributed by atoms with Gasteiger partial charge in [-0.05, 0) is 47.5 Å². The zero-order valence-electron chi connectivity index (χ0n) is 18.8. The molecule has 0 saturated carbocycles. The van der Waals surface area contributed by atoms with Gasteiger partial charge in [-0.3, -0.25) is 9.59 Å². The monoisotopic (exact) mass is 453 g/mol. The molecule has 0 unspecified atom stereocenters. The molecule has 0 bridgehead atoms.